The molecule has 10 nitrogen and oxygen atoms in total. The molecule has 4 aromatic rings. The highest BCUT2D eigenvalue weighted by molar-refractivity contribution is 5.94. The Labute approximate surface area is 196 Å². The Morgan fingerprint density at radius 3 is 2.56 bits per heavy atom. The first-order chi connectivity index (χ1) is 16.5. The lowest BCUT2D eigenvalue weighted by Crippen LogP contribution is -2.49. The molecule has 4 heterocycles. The van der Waals surface area contributed by atoms with Crippen LogP contribution in [0, 0.1) is 6.92 Å². The van der Waals surface area contributed by atoms with E-state index in [1.54, 1.807) is 32.0 Å². The summed E-state index contributed by atoms with van der Waals surface area (Å²) in [4.78, 5) is 26.1. The van der Waals surface area contributed by atoms with Crippen molar-refractivity contribution < 1.29 is 14.1 Å². The van der Waals surface area contributed by atoms with Gasteiger partial charge in [-0.3, -0.25) is 9.48 Å². The number of amides is 1. The van der Waals surface area contributed by atoms with E-state index in [0.29, 0.717) is 49.3 Å². The van der Waals surface area contributed by atoms with Crippen LogP contribution in [0.1, 0.15) is 16.4 Å². The van der Waals surface area contributed by atoms with E-state index in [4.69, 9.17) is 9.26 Å². The molecule has 0 N–H and O–H groups in total. The smallest absolute Gasteiger partial charge is 0.272 e. The summed E-state index contributed by atoms with van der Waals surface area (Å²) >= 11 is 0. The number of piperazine rings is 1. The number of carbonyl (C=O) groups excluding carboxylic acids is 1. The number of rotatable bonds is 5. The molecule has 1 aliphatic heterocycles. The van der Waals surface area contributed by atoms with E-state index >= 15 is 0 Å². The Balaban J connectivity index is 1.25. The third-order valence-electron chi connectivity index (χ3n) is 5.91. The van der Waals surface area contributed by atoms with Crippen molar-refractivity contribution in [2.24, 2.45) is 7.05 Å². The SMILES string of the molecule is COc1ccccc1-c1cc(C(=O)N2CCN(c3ccc(-c4noc(C)n4)cn3)CC2)n(C)n1. The molecule has 1 fully saturated rings. The third kappa shape index (κ3) is 4.09. The Bertz CT molecular complexity index is 1300. The van der Waals surface area contributed by atoms with E-state index in [0.717, 1.165) is 22.7 Å². The molecule has 0 radical (unpaired) electrons. The second kappa shape index (κ2) is 8.97. The third-order valence-corrected chi connectivity index (χ3v) is 5.91. The number of hydrogen-bond donors (Lipinski definition) is 0. The highest BCUT2D eigenvalue weighted by Crippen LogP contribution is 2.29. The summed E-state index contributed by atoms with van der Waals surface area (Å²) < 4.78 is 12.1. The predicted molar refractivity (Wildman–Crippen MR) is 126 cm³/mol. The van der Waals surface area contributed by atoms with E-state index < -0.39 is 0 Å². The summed E-state index contributed by atoms with van der Waals surface area (Å²) in [6.45, 7) is 4.33. The van der Waals surface area contributed by atoms with Crippen LogP contribution < -0.4 is 9.64 Å². The molecule has 1 aromatic carbocycles. The number of anilines is 1. The van der Waals surface area contributed by atoms with Gasteiger partial charge >= 0.3 is 0 Å². The van der Waals surface area contributed by atoms with Crippen molar-refractivity contribution in [3.8, 4) is 28.4 Å². The first-order valence-corrected chi connectivity index (χ1v) is 11.0. The number of hydrogen-bond acceptors (Lipinski definition) is 8. The highest BCUT2D eigenvalue weighted by Gasteiger charge is 2.26. The van der Waals surface area contributed by atoms with Crippen LogP contribution in [0.15, 0.2) is 53.2 Å². The van der Waals surface area contributed by atoms with E-state index in [1.165, 1.54) is 0 Å². The van der Waals surface area contributed by atoms with Gasteiger partial charge in [-0.25, -0.2) is 4.98 Å². The second-order valence-electron chi connectivity index (χ2n) is 8.06. The van der Waals surface area contributed by atoms with Gasteiger partial charge in [0.05, 0.1) is 12.8 Å². The van der Waals surface area contributed by atoms with Crippen molar-refractivity contribution in [1.82, 2.24) is 29.8 Å². The molecule has 0 atom stereocenters. The zero-order chi connectivity index (χ0) is 23.7. The zero-order valence-electron chi connectivity index (χ0n) is 19.3. The molecule has 0 unspecified atom stereocenters. The lowest BCUT2D eigenvalue weighted by Gasteiger charge is -2.35. The average Bonchev–Trinajstić information content (AvgIpc) is 3.49. The maximum absolute atomic E-state index is 13.2. The number of nitrogens with zero attached hydrogens (tertiary/aromatic N) is 7. The Hall–Kier alpha value is -4.21. The van der Waals surface area contributed by atoms with Gasteiger partial charge in [-0.05, 0) is 30.3 Å². The molecule has 1 aliphatic rings. The molecule has 0 spiro atoms. The van der Waals surface area contributed by atoms with Crippen LogP contribution in [-0.4, -0.2) is 69.0 Å². The minimum absolute atomic E-state index is 0.0356. The van der Waals surface area contributed by atoms with Gasteiger partial charge in [-0.1, -0.05) is 17.3 Å². The lowest BCUT2D eigenvalue weighted by molar-refractivity contribution is 0.0735. The summed E-state index contributed by atoms with van der Waals surface area (Å²) in [5.41, 5.74) is 2.92. The van der Waals surface area contributed by atoms with Gasteiger partial charge in [0.2, 0.25) is 11.7 Å². The van der Waals surface area contributed by atoms with Crippen LogP contribution in [0.4, 0.5) is 5.82 Å². The first kappa shape index (κ1) is 21.6. The molecule has 0 saturated carbocycles. The summed E-state index contributed by atoms with van der Waals surface area (Å²) in [5, 5.41) is 8.48. The number of methoxy groups -OCH3 is 1. The molecular weight excluding hydrogens is 434 g/mol. The Morgan fingerprint density at radius 1 is 1.09 bits per heavy atom. The van der Waals surface area contributed by atoms with Crippen molar-refractivity contribution >= 4 is 11.7 Å². The van der Waals surface area contributed by atoms with E-state index in [-0.39, 0.29) is 5.91 Å². The van der Waals surface area contributed by atoms with E-state index in [2.05, 4.69) is 25.1 Å². The molecule has 174 valence electrons. The van der Waals surface area contributed by atoms with Crippen LogP contribution in [-0.2, 0) is 7.05 Å². The van der Waals surface area contributed by atoms with Crippen LogP contribution in [0.5, 0.6) is 5.75 Å². The molecule has 34 heavy (non-hydrogen) atoms. The van der Waals surface area contributed by atoms with Crippen LogP contribution in [0.3, 0.4) is 0 Å². The maximum atomic E-state index is 13.2. The van der Waals surface area contributed by atoms with Gasteiger partial charge in [-0.2, -0.15) is 10.1 Å². The monoisotopic (exact) mass is 459 g/mol. The van der Waals surface area contributed by atoms with Crippen molar-refractivity contribution in [3.05, 3.63) is 60.2 Å². The largest absolute Gasteiger partial charge is 0.496 e. The highest BCUT2D eigenvalue weighted by atomic mass is 16.5. The average molecular weight is 460 g/mol. The summed E-state index contributed by atoms with van der Waals surface area (Å²) in [6.07, 6.45) is 1.74. The van der Waals surface area contributed by atoms with Gasteiger partial charge in [0.15, 0.2) is 0 Å². The fourth-order valence-electron chi connectivity index (χ4n) is 4.08. The van der Waals surface area contributed by atoms with Gasteiger partial charge < -0.3 is 19.1 Å². The van der Waals surface area contributed by atoms with Crippen LogP contribution in [0.25, 0.3) is 22.6 Å². The van der Waals surface area contributed by atoms with Crippen LogP contribution in [0.2, 0.25) is 0 Å². The number of aromatic nitrogens is 5. The zero-order valence-corrected chi connectivity index (χ0v) is 19.3. The summed E-state index contributed by atoms with van der Waals surface area (Å²) in [7, 11) is 3.42. The van der Waals surface area contributed by atoms with Crippen molar-refractivity contribution in [2.45, 2.75) is 6.92 Å². The lowest BCUT2D eigenvalue weighted by atomic mass is 10.1. The molecule has 5 rings (SSSR count). The fourth-order valence-corrected chi connectivity index (χ4v) is 4.08. The van der Waals surface area contributed by atoms with Crippen LogP contribution >= 0.6 is 0 Å². The molecule has 0 aliphatic carbocycles. The maximum Gasteiger partial charge on any atom is 0.272 e. The van der Waals surface area contributed by atoms with E-state index in [9.17, 15) is 4.79 Å². The number of para-hydroxylation sites is 1. The fraction of sp³-hybridized carbons (Fsp3) is 0.292. The number of carbonyl (C=O) groups is 1. The normalized spacial score (nSPS) is 13.9. The predicted octanol–water partition coefficient (Wildman–Crippen LogP) is 2.81. The number of pyridine rings is 1. The minimum atomic E-state index is -0.0356. The van der Waals surface area contributed by atoms with Crippen molar-refractivity contribution in [2.75, 3.05) is 38.2 Å². The standard InChI is InChI=1S/C24H25N7O3/c1-16-26-23(28-34-16)17-8-9-22(25-15-17)30-10-12-31(13-11-30)24(32)20-14-19(27-29(20)2)18-6-4-5-7-21(18)33-3/h4-9,14-15H,10-13H2,1-3H3. The van der Waals surface area contributed by atoms with Crippen molar-refractivity contribution in [1.29, 1.82) is 0 Å². The Kier molecular flexibility index (Phi) is 5.70. The number of ether oxygens (including phenoxy) is 1. The van der Waals surface area contributed by atoms with Crippen molar-refractivity contribution in [3.63, 3.8) is 0 Å². The minimum Gasteiger partial charge on any atom is -0.496 e. The topological polar surface area (TPSA) is 102 Å². The first-order valence-electron chi connectivity index (χ1n) is 11.0. The van der Waals surface area contributed by atoms with Gasteiger partial charge in [-0.15, -0.1) is 0 Å². The molecule has 1 amide bonds. The van der Waals surface area contributed by atoms with Gasteiger partial charge in [0, 0.05) is 57.5 Å². The van der Waals surface area contributed by atoms with Gasteiger partial charge in [0.1, 0.15) is 17.3 Å². The quantitative estimate of drug-likeness (QED) is 0.449. The molecule has 10 heteroatoms. The molecular formula is C24H25N7O3. The second-order valence-corrected chi connectivity index (χ2v) is 8.06. The van der Waals surface area contributed by atoms with Gasteiger partial charge in [0.25, 0.3) is 5.91 Å². The molecule has 3 aromatic heterocycles. The van der Waals surface area contributed by atoms with E-state index in [1.807, 2.05) is 47.4 Å². The number of aryl methyl sites for hydroxylation is 2. The number of benzene rings is 1. The summed E-state index contributed by atoms with van der Waals surface area (Å²) in [6, 6.07) is 13.4. The molecule has 1 saturated heterocycles. The summed E-state index contributed by atoms with van der Waals surface area (Å²) in [5.74, 6) is 2.58. The Morgan fingerprint density at radius 2 is 1.88 bits per heavy atom. The molecule has 0 bridgehead atoms.